The SMILES string of the molecule is C[NH+](C)CCNC(=S)Nc1ccc(-c2nc3ccccc3s2)cc1. The van der Waals surface area contributed by atoms with Crippen LogP contribution in [0.1, 0.15) is 0 Å². The van der Waals surface area contributed by atoms with Crippen molar-refractivity contribution in [2.24, 2.45) is 0 Å². The smallest absolute Gasteiger partial charge is 0.170 e. The van der Waals surface area contributed by atoms with Gasteiger partial charge < -0.3 is 15.5 Å². The summed E-state index contributed by atoms with van der Waals surface area (Å²) in [6, 6.07) is 16.4. The second-order valence-corrected chi connectivity index (χ2v) is 7.34. The Bertz CT molecular complexity index is 791. The van der Waals surface area contributed by atoms with Crippen molar-refractivity contribution in [2.45, 2.75) is 0 Å². The van der Waals surface area contributed by atoms with E-state index in [1.165, 1.54) is 9.60 Å². The van der Waals surface area contributed by atoms with Crippen LogP contribution >= 0.6 is 23.6 Å². The molecule has 6 heteroatoms. The molecule has 0 aliphatic heterocycles. The molecule has 0 amide bonds. The average molecular weight is 358 g/mol. The summed E-state index contributed by atoms with van der Waals surface area (Å²) in [6.45, 7) is 1.89. The van der Waals surface area contributed by atoms with E-state index in [4.69, 9.17) is 12.2 Å². The van der Waals surface area contributed by atoms with E-state index in [2.05, 4.69) is 47.9 Å². The van der Waals surface area contributed by atoms with Crippen molar-refractivity contribution in [3.63, 3.8) is 0 Å². The standard InChI is InChI=1S/C18H20N4S2/c1-22(2)12-11-19-18(23)20-14-9-7-13(8-10-14)17-21-15-5-3-4-6-16(15)24-17/h3-10H,11-12H2,1-2H3,(H2,19,20,23)/p+1. The quantitative estimate of drug-likeness (QED) is 0.614. The summed E-state index contributed by atoms with van der Waals surface area (Å²) in [5, 5.41) is 8.13. The number of fused-ring (bicyclic) bond motifs is 1. The predicted octanol–water partition coefficient (Wildman–Crippen LogP) is 2.39. The van der Waals surface area contributed by atoms with E-state index in [0.717, 1.165) is 34.9 Å². The molecule has 1 heterocycles. The molecule has 124 valence electrons. The number of benzene rings is 2. The van der Waals surface area contributed by atoms with Crippen molar-refractivity contribution in [1.29, 1.82) is 0 Å². The average Bonchev–Trinajstić information content (AvgIpc) is 2.99. The molecule has 0 unspecified atom stereocenters. The number of hydrogen-bond donors (Lipinski definition) is 3. The Hall–Kier alpha value is -2.02. The zero-order chi connectivity index (χ0) is 16.9. The molecule has 24 heavy (non-hydrogen) atoms. The highest BCUT2D eigenvalue weighted by Crippen LogP contribution is 2.30. The molecule has 0 saturated carbocycles. The van der Waals surface area contributed by atoms with Gasteiger partial charge in [-0.2, -0.15) is 0 Å². The third kappa shape index (κ3) is 4.29. The monoisotopic (exact) mass is 357 g/mol. The molecule has 0 saturated heterocycles. The van der Waals surface area contributed by atoms with E-state index in [0.29, 0.717) is 5.11 Å². The van der Waals surface area contributed by atoms with E-state index in [-0.39, 0.29) is 0 Å². The molecule has 0 bridgehead atoms. The fraction of sp³-hybridized carbons (Fsp3) is 0.222. The number of aromatic nitrogens is 1. The number of nitrogens with one attached hydrogen (secondary N) is 3. The van der Waals surface area contributed by atoms with Gasteiger partial charge in [0, 0.05) is 11.3 Å². The third-order valence-electron chi connectivity index (χ3n) is 3.59. The minimum absolute atomic E-state index is 0.656. The zero-order valence-corrected chi connectivity index (χ0v) is 15.4. The molecule has 0 spiro atoms. The van der Waals surface area contributed by atoms with Crippen LogP contribution < -0.4 is 15.5 Å². The molecule has 2 aromatic carbocycles. The highest BCUT2D eigenvalue weighted by Gasteiger charge is 2.06. The lowest BCUT2D eigenvalue weighted by atomic mass is 10.2. The van der Waals surface area contributed by atoms with Crippen molar-refractivity contribution in [3.05, 3.63) is 48.5 Å². The number of thiocarbonyl (C=S) groups is 1. The number of quaternary nitrogens is 1. The third-order valence-corrected chi connectivity index (χ3v) is 4.93. The Balaban J connectivity index is 1.63. The van der Waals surface area contributed by atoms with E-state index in [9.17, 15) is 0 Å². The summed E-state index contributed by atoms with van der Waals surface area (Å²) < 4.78 is 1.21. The van der Waals surface area contributed by atoms with E-state index in [1.807, 2.05) is 30.3 Å². The predicted molar refractivity (Wildman–Crippen MR) is 107 cm³/mol. The molecule has 0 radical (unpaired) electrons. The van der Waals surface area contributed by atoms with Crippen molar-refractivity contribution < 1.29 is 4.90 Å². The maximum absolute atomic E-state index is 5.32. The van der Waals surface area contributed by atoms with Gasteiger partial charge in [-0.1, -0.05) is 12.1 Å². The summed E-state index contributed by atoms with van der Waals surface area (Å²) in [5.74, 6) is 0. The highest BCUT2D eigenvalue weighted by molar-refractivity contribution is 7.80. The number of rotatable bonds is 5. The molecular formula is C18H21N4S2+. The number of nitrogens with zero attached hydrogens (tertiary/aromatic N) is 1. The van der Waals surface area contributed by atoms with Crippen LogP contribution in [0, 0.1) is 0 Å². The molecule has 0 aliphatic carbocycles. The van der Waals surface area contributed by atoms with Gasteiger partial charge in [0.15, 0.2) is 5.11 Å². The summed E-state index contributed by atoms with van der Waals surface area (Å²) >= 11 is 7.03. The second kappa shape index (κ2) is 7.70. The molecule has 0 aliphatic rings. The number of likely N-dealkylation sites (N-methyl/N-ethyl adjacent to an activating group) is 1. The summed E-state index contributed by atoms with van der Waals surface area (Å²) in [5.41, 5.74) is 3.15. The molecule has 3 aromatic rings. The van der Waals surface area contributed by atoms with Gasteiger partial charge in [-0.25, -0.2) is 4.98 Å². The van der Waals surface area contributed by atoms with Gasteiger partial charge in [-0.15, -0.1) is 11.3 Å². The number of para-hydroxylation sites is 1. The van der Waals surface area contributed by atoms with E-state index >= 15 is 0 Å². The zero-order valence-electron chi connectivity index (χ0n) is 13.8. The molecule has 3 N–H and O–H groups in total. The minimum atomic E-state index is 0.656. The number of thiazole rings is 1. The first kappa shape index (κ1) is 16.8. The minimum Gasteiger partial charge on any atom is -0.357 e. The van der Waals surface area contributed by atoms with Crippen LogP contribution in [0.2, 0.25) is 0 Å². The Labute approximate surface area is 151 Å². The van der Waals surface area contributed by atoms with Gasteiger partial charge in [-0.3, -0.25) is 0 Å². The number of anilines is 1. The Kier molecular flexibility index (Phi) is 5.40. The van der Waals surface area contributed by atoms with Gasteiger partial charge in [0.2, 0.25) is 0 Å². The van der Waals surface area contributed by atoms with Crippen molar-refractivity contribution in [2.75, 3.05) is 32.5 Å². The lowest BCUT2D eigenvalue weighted by molar-refractivity contribution is -0.856. The summed E-state index contributed by atoms with van der Waals surface area (Å²) in [7, 11) is 4.25. The van der Waals surface area contributed by atoms with Crippen LogP contribution in [0.3, 0.4) is 0 Å². The van der Waals surface area contributed by atoms with Crippen molar-refractivity contribution >= 4 is 44.6 Å². The molecule has 3 rings (SSSR count). The Morgan fingerprint density at radius 1 is 1.12 bits per heavy atom. The Morgan fingerprint density at radius 2 is 1.88 bits per heavy atom. The fourth-order valence-corrected chi connectivity index (χ4v) is 3.48. The first-order chi connectivity index (χ1) is 11.6. The molecular weight excluding hydrogens is 336 g/mol. The topological polar surface area (TPSA) is 41.4 Å². The van der Waals surface area contributed by atoms with Crippen LogP contribution in [0.15, 0.2) is 48.5 Å². The normalized spacial score (nSPS) is 11.0. The van der Waals surface area contributed by atoms with E-state index < -0.39 is 0 Å². The highest BCUT2D eigenvalue weighted by atomic mass is 32.1. The second-order valence-electron chi connectivity index (χ2n) is 5.90. The molecule has 4 nitrogen and oxygen atoms in total. The van der Waals surface area contributed by atoms with Crippen molar-refractivity contribution in [1.82, 2.24) is 10.3 Å². The van der Waals surface area contributed by atoms with Crippen LogP contribution in [-0.4, -0.2) is 37.3 Å². The van der Waals surface area contributed by atoms with Gasteiger partial charge in [-0.05, 0) is 48.6 Å². The van der Waals surface area contributed by atoms with Crippen LogP contribution in [0.5, 0.6) is 0 Å². The van der Waals surface area contributed by atoms with E-state index in [1.54, 1.807) is 11.3 Å². The van der Waals surface area contributed by atoms with Crippen LogP contribution in [0.25, 0.3) is 20.8 Å². The maximum Gasteiger partial charge on any atom is 0.170 e. The fourth-order valence-electron chi connectivity index (χ4n) is 2.29. The van der Waals surface area contributed by atoms with Crippen molar-refractivity contribution in [3.8, 4) is 10.6 Å². The van der Waals surface area contributed by atoms with Crippen LogP contribution in [-0.2, 0) is 0 Å². The summed E-state index contributed by atoms with van der Waals surface area (Å²) in [4.78, 5) is 6.08. The van der Waals surface area contributed by atoms with Crippen LogP contribution in [0.4, 0.5) is 5.69 Å². The molecule has 0 fully saturated rings. The Morgan fingerprint density at radius 3 is 2.58 bits per heavy atom. The molecule has 0 atom stereocenters. The summed E-state index contributed by atoms with van der Waals surface area (Å²) in [6.07, 6.45) is 0. The lowest BCUT2D eigenvalue weighted by Gasteiger charge is -2.12. The van der Waals surface area contributed by atoms with Gasteiger partial charge in [0.1, 0.15) is 5.01 Å². The maximum atomic E-state index is 5.32. The van der Waals surface area contributed by atoms with Gasteiger partial charge in [0.05, 0.1) is 37.4 Å². The lowest BCUT2D eigenvalue weighted by Crippen LogP contribution is -3.06. The first-order valence-electron chi connectivity index (χ1n) is 7.92. The van der Waals surface area contributed by atoms with Gasteiger partial charge in [0.25, 0.3) is 0 Å². The largest absolute Gasteiger partial charge is 0.357 e. The van der Waals surface area contributed by atoms with Gasteiger partial charge >= 0.3 is 0 Å². The first-order valence-corrected chi connectivity index (χ1v) is 9.14. The molecule has 1 aromatic heterocycles. The number of hydrogen-bond acceptors (Lipinski definition) is 3.